The predicted octanol–water partition coefficient (Wildman–Crippen LogP) is 2.83. The lowest BCUT2D eigenvalue weighted by molar-refractivity contribution is 0.102. The minimum absolute atomic E-state index is 0.138. The number of nitrogens with zero attached hydrogens (tertiary/aromatic N) is 3. The molecule has 0 aliphatic heterocycles. The highest BCUT2D eigenvalue weighted by Gasteiger charge is 2.19. The zero-order valence-electron chi connectivity index (χ0n) is 12.8. The SMILES string of the molecule is CNc1cc(C(=O)Nc2nc(C)ns2)cc(C(C)(C)C)n1. The first kappa shape index (κ1) is 15.4. The molecule has 0 saturated carbocycles. The Bertz CT molecular complexity index is 660. The van der Waals surface area contributed by atoms with E-state index in [1.54, 1.807) is 20.0 Å². The molecule has 0 bridgehead atoms. The molecule has 0 fully saturated rings. The molecule has 0 radical (unpaired) electrons. The Balaban J connectivity index is 2.31. The third-order valence-electron chi connectivity index (χ3n) is 2.86. The number of amides is 1. The molecule has 2 aromatic rings. The Hall–Kier alpha value is -2.02. The third-order valence-corrected chi connectivity index (χ3v) is 3.58. The van der Waals surface area contributed by atoms with E-state index in [0.717, 1.165) is 5.69 Å². The van der Waals surface area contributed by atoms with E-state index in [9.17, 15) is 4.79 Å². The first-order valence-corrected chi connectivity index (χ1v) is 7.39. The van der Waals surface area contributed by atoms with Crippen LogP contribution in [0.4, 0.5) is 10.9 Å². The monoisotopic (exact) mass is 305 g/mol. The summed E-state index contributed by atoms with van der Waals surface area (Å²) in [4.78, 5) is 21.0. The van der Waals surface area contributed by atoms with Crippen molar-refractivity contribution in [2.75, 3.05) is 17.7 Å². The molecule has 2 rings (SSSR count). The van der Waals surface area contributed by atoms with Crippen LogP contribution in [-0.4, -0.2) is 27.3 Å². The lowest BCUT2D eigenvalue weighted by Gasteiger charge is -2.19. The first-order valence-electron chi connectivity index (χ1n) is 6.61. The lowest BCUT2D eigenvalue weighted by atomic mass is 9.90. The van der Waals surface area contributed by atoms with Crippen LogP contribution in [0.15, 0.2) is 12.1 Å². The Morgan fingerprint density at radius 3 is 2.48 bits per heavy atom. The zero-order chi connectivity index (χ0) is 15.6. The minimum atomic E-state index is -0.212. The quantitative estimate of drug-likeness (QED) is 0.911. The number of aromatic nitrogens is 3. The topological polar surface area (TPSA) is 79.8 Å². The van der Waals surface area contributed by atoms with Crippen molar-refractivity contribution in [3.8, 4) is 0 Å². The van der Waals surface area contributed by atoms with Gasteiger partial charge in [0, 0.05) is 35.3 Å². The van der Waals surface area contributed by atoms with E-state index < -0.39 is 0 Å². The van der Waals surface area contributed by atoms with Gasteiger partial charge in [-0.05, 0) is 19.1 Å². The summed E-state index contributed by atoms with van der Waals surface area (Å²) >= 11 is 1.17. The van der Waals surface area contributed by atoms with Crippen molar-refractivity contribution in [1.29, 1.82) is 0 Å². The van der Waals surface area contributed by atoms with Crippen LogP contribution in [0.2, 0.25) is 0 Å². The van der Waals surface area contributed by atoms with Gasteiger partial charge >= 0.3 is 0 Å². The molecule has 0 saturated heterocycles. The number of hydrogen-bond acceptors (Lipinski definition) is 6. The fourth-order valence-corrected chi connectivity index (χ4v) is 2.26. The van der Waals surface area contributed by atoms with Crippen molar-refractivity contribution in [2.45, 2.75) is 33.1 Å². The van der Waals surface area contributed by atoms with Gasteiger partial charge in [0.15, 0.2) is 0 Å². The van der Waals surface area contributed by atoms with Gasteiger partial charge < -0.3 is 5.32 Å². The summed E-state index contributed by atoms with van der Waals surface area (Å²) in [6.07, 6.45) is 0. The van der Waals surface area contributed by atoms with Crippen molar-refractivity contribution in [3.63, 3.8) is 0 Å². The summed E-state index contributed by atoms with van der Waals surface area (Å²) in [5, 5.41) is 6.24. The second-order valence-corrected chi connectivity index (χ2v) is 6.48. The highest BCUT2D eigenvalue weighted by Crippen LogP contribution is 2.24. The summed E-state index contributed by atoms with van der Waals surface area (Å²) in [6.45, 7) is 7.97. The predicted molar refractivity (Wildman–Crippen MR) is 85.1 cm³/mol. The van der Waals surface area contributed by atoms with Gasteiger partial charge in [0.25, 0.3) is 5.91 Å². The molecule has 2 N–H and O–H groups in total. The summed E-state index contributed by atoms with van der Waals surface area (Å²) in [6, 6.07) is 3.53. The average molecular weight is 305 g/mol. The van der Waals surface area contributed by atoms with Crippen LogP contribution in [0, 0.1) is 6.92 Å². The van der Waals surface area contributed by atoms with Crippen molar-refractivity contribution in [2.24, 2.45) is 0 Å². The maximum atomic E-state index is 12.3. The molecule has 0 spiro atoms. The summed E-state index contributed by atoms with van der Waals surface area (Å²) in [5.41, 5.74) is 1.27. The van der Waals surface area contributed by atoms with E-state index in [-0.39, 0.29) is 11.3 Å². The molecule has 0 aromatic carbocycles. The van der Waals surface area contributed by atoms with Crippen molar-refractivity contribution >= 4 is 28.4 Å². The minimum Gasteiger partial charge on any atom is -0.373 e. The lowest BCUT2D eigenvalue weighted by Crippen LogP contribution is -2.18. The largest absolute Gasteiger partial charge is 0.373 e. The van der Waals surface area contributed by atoms with Gasteiger partial charge in [0.2, 0.25) is 5.13 Å². The zero-order valence-corrected chi connectivity index (χ0v) is 13.6. The molecule has 6 nitrogen and oxygen atoms in total. The van der Waals surface area contributed by atoms with Gasteiger partial charge in [-0.25, -0.2) is 9.97 Å². The van der Waals surface area contributed by atoms with Crippen LogP contribution in [-0.2, 0) is 5.41 Å². The molecule has 2 aromatic heterocycles. The number of pyridine rings is 1. The number of aryl methyl sites for hydroxylation is 1. The highest BCUT2D eigenvalue weighted by molar-refractivity contribution is 7.09. The normalized spacial score (nSPS) is 11.3. The maximum Gasteiger partial charge on any atom is 0.257 e. The highest BCUT2D eigenvalue weighted by atomic mass is 32.1. The van der Waals surface area contributed by atoms with Crippen LogP contribution in [0.1, 0.15) is 42.6 Å². The van der Waals surface area contributed by atoms with Crippen molar-refractivity contribution in [1.82, 2.24) is 14.3 Å². The number of anilines is 2. The molecule has 7 heteroatoms. The number of carbonyl (C=O) groups excluding carboxylic acids is 1. The second kappa shape index (κ2) is 5.77. The van der Waals surface area contributed by atoms with E-state index in [4.69, 9.17) is 0 Å². The van der Waals surface area contributed by atoms with Gasteiger partial charge in [0.1, 0.15) is 11.6 Å². The number of carbonyl (C=O) groups is 1. The molecule has 0 aliphatic carbocycles. The summed E-state index contributed by atoms with van der Waals surface area (Å²) in [7, 11) is 1.78. The van der Waals surface area contributed by atoms with Crippen LogP contribution in [0.5, 0.6) is 0 Å². The standard InChI is InChI=1S/C14H19N5OS/c1-8-16-13(21-19-8)18-12(20)9-6-10(14(2,3)4)17-11(7-9)15-5/h6-7H,1-5H3,(H,15,17)(H,16,18,19,20). The molecular weight excluding hydrogens is 286 g/mol. The summed E-state index contributed by atoms with van der Waals surface area (Å²) < 4.78 is 4.05. The fourth-order valence-electron chi connectivity index (χ4n) is 1.69. The molecule has 2 heterocycles. The second-order valence-electron chi connectivity index (χ2n) is 5.73. The average Bonchev–Trinajstić information content (AvgIpc) is 2.82. The van der Waals surface area contributed by atoms with Gasteiger partial charge in [-0.15, -0.1) is 0 Å². The smallest absolute Gasteiger partial charge is 0.257 e. The Labute approximate surface area is 128 Å². The molecule has 0 atom stereocenters. The Morgan fingerprint density at radius 2 is 1.95 bits per heavy atom. The van der Waals surface area contributed by atoms with E-state index in [1.165, 1.54) is 11.5 Å². The Morgan fingerprint density at radius 1 is 1.24 bits per heavy atom. The van der Waals surface area contributed by atoms with Gasteiger partial charge in [-0.3, -0.25) is 10.1 Å². The van der Waals surface area contributed by atoms with Crippen LogP contribution >= 0.6 is 11.5 Å². The van der Waals surface area contributed by atoms with Crippen molar-refractivity contribution in [3.05, 3.63) is 29.2 Å². The van der Waals surface area contributed by atoms with E-state index >= 15 is 0 Å². The Kier molecular flexibility index (Phi) is 4.22. The maximum absolute atomic E-state index is 12.3. The number of rotatable bonds is 3. The van der Waals surface area contributed by atoms with Crippen LogP contribution < -0.4 is 10.6 Å². The first-order chi connectivity index (χ1) is 9.79. The third kappa shape index (κ3) is 3.75. The van der Waals surface area contributed by atoms with Crippen LogP contribution in [0.3, 0.4) is 0 Å². The van der Waals surface area contributed by atoms with E-state index in [1.807, 2.05) is 6.07 Å². The summed E-state index contributed by atoms with van der Waals surface area (Å²) in [5.74, 6) is 1.10. The van der Waals surface area contributed by atoms with Gasteiger partial charge in [-0.1, -0.05) is 20.8 Å². The molecule has 112 valence electrons. The van der Waals surface area contributed by atoms with Gasteiger partial charge in [0.05, 0.1) is 0 Å². The molecule has 0 aliphatic rings. The van der Waals surface area contributed by atoms with Crippen molar-refractivity contribution < 1.29 is 4.79 Å². The van der Waals surface area contributed by atoms with E-state index in [2.05, 4.69) is 45.7 Å². The number of nitrogens with one attached hydrogen (secondary N) is 2. The van der Waals surface area contributed by atoms with Gasteiger partial charge in [-0.2, -0.15) is 4.37 Å². The number of hydrogen-bond donors (Lipinski definition) is 2. The molecule has 21 heavy (non-hydrogen) atoms. The van der Waals surface area contributed by atoms with Crippen LogP contribution in [0.25, 0.3) is 0 Å². The molecule has 0 unspecified atom stereocenters. The molecule has 1 amide bonds. The van der Waals surface area contributed by atoms with E-state index in [0.29, 0.717) is 22.3 Å². The molecular formula is C14H19N5OS. The fraction of sp³-hybridized carbons (Fsp3) is 0.429.